The minimum atomic E-state index is 0.194. The number of benzene rings is 1. The molecule has 1 aliphatic rings. The molecular formula is C17H20N2O. The van der Waals surface area contributed by atoms with Crippen molar-refractivity contribution in [2.45, 2.75) is 25.3 Å². The van der Waals surface area contributed by atoms with Crippen molar-refractivity contribution in [3.63, 3.8) is 0 Å². The number of rotatable bonds is 5. The number of hydrogen-bond donors (Lipinski definition) is 1. The second kappa shape index (κ2) is 5.25. The van der Waals surface area contributed by atoms with Crippen LogP contribution in [0.1, 0.15) is 18.4 Å². The molecule has 1 heterocycles. The van der Waals surface area contributed by atoms with E-state index >= 15 is 0 Å². The lowest BCUT2D eigenvalue weighted by Crippen LogP contribution is -2.33. The quantitative estimate of drug-likeness (QED) is 0.904. The van der Waals surface area contributed by atoms with Gasteiger partial charge in [0.2, 0.25) is 0 Å². The molecule has 1 aromatic heterocycles. The van der Waals surface area contributed by atoms with E-state index in [2.05, 4.69) is 47.6 Å². The summed E-state index contributed by atoms with van der Waals surface area (Å²) >= 11 is 0. The fourth-order valence-corrected chi connectivity index (χ4v) is 2.32. The highest BCUT2D eigenvalue weighted by Gasteiger charge is 2.41. The maximum absolute atomic E-state index is 5.89. The molecule has 0 saturated heterocycles. The summed E-state index contributed by atoms with van der Waals surface area (Å²) in [7, 11) is 2.00. The van der Waals surface area contributed by atoms with Crippen molar-refractivity contribution in [2.75, 3.05) is 13.7 Å². The standard InChI is InChI=1S/C17H20N2O/c1-13-4-3-5-14(8-13)15-9-16(11-19-10-15)20-12-17(18-2)6-7-17/h3-5,8-11,18H,6-7,12H2,1-2H3. The fourth-order valence-electron chi connectivity index (χ4n) is 2.32. The highest BCUT2D eigenvalue weighted by Crippen LogP contribution is 2.35. The first-order valence-electron chi connectivity index (χ1n) is 7.05. The van der Waals surface area contributed by atoms with Crippen LogP contribution in [0.15, 0.2) is 42.7 Å². The van der Waals surface area contributed by atoms with Gasteiger partial charge in [-0.3, -0.25) is 4.98 Å². The third-order valence-corrected chi connectivity index (χ3v) is 3.96. The first kappa shape index (κ1) is 13.1. The predicted molar refractivity (Wildman–Crippen MR) is 80.9 cm³/mol. The summed E-state index contributed by atoms with van der Waals surface area (Å²) in [6.45, 7) is 2.81. The fraction of sp³-hybridized carbons (Fsp3) is 0.353. The van der Waals surface area contributed by atoms with Gasteiger partial charge in [-0.15, -0.1) is 0 Å². The number of nitrogens with zero attached hydrogens (tertiary/aromatic N) is 1. The zero-order chi connectivity index (χ0) is 14.0. The van der Waals surface area contributed by atoms with E-state index in [1.54, 1.807) is 6.20 Å². The lowest BCUT2D eigenvalue weighted by molar-refractivity contribution is 0.259. The van der Waals surface area contributed by atoms with Crippen molar-refractivity contribution >= 4 is 0 Å². The molecule has 0 bridgehead atoms. The molecule has 1 aliphatic carbocycles. The average molecular weight is 268 g/mol. The summed E-state index contributed by atoms with van der Waals surface area (Å²) in [5, 5.41) is 3.33. The number of pyridine rings is 1. The Hall–Kier alpha value is -1.87. The van der Waals surface area contributed by atoms with Gasteiger partial charge in [-0.25, -0.2) is 0 Å². The van der Waals surface area contributed by atoms with Gasteiger partial charge in [0.05, 0.1) is 11.7 Å². The van der Waals surface area contributed by atoms with E-state index in [9.17, 15) is 0 Å². The molecule has 3 heteroatoms. The Morgan fingerprint density at radius 3 is 2.75 bits per heavy atom. The molecule has 0 aliphatic heterocycles. The van der Waals surface area contributed by atoms with Gasteiger partial charge in [0.15, 0.2) is 0 Å². The third kappa shape index (κ3) is 2.83. The van der Waals surface area contributed by atoms with Crippen LogP contribution in [0.2, 0.25) is 0 Å². The van der Waals surface area contributed by atoms with E-state index in [1.165, 1.54) is 24.0 Å². The number of likely N-dealkylation sites (N-methyl/N-ethyl adjacent to an activating group) is 1. The van der Waals surface area contributed by atoms with Gasteiger partial charge in [-0.2, -0.15) is 0 Å². The monoisotopic (exact) mass is 268 g/mol. The number of ether oxygens (including phenoxy) is 1. The lowest BCUT2D eigenvalue weighted by Gasteiger charge is -2.15. The number of nitrogens with one attached hydrogen (secondary N) is 1. The summed E-state index contributed by atoms with van der Waals surface area (Å²) < 4.78 is 5.89. The molecule has 1 saturated carbocycles. The van der Waals surface area contributed by atoms with Crippen LogP contribution in [-0.2, 0) is 0 Å². The average Bonchev–Trinajstić information content (AvgIpc) is 3.26. The molecule has 0 radical (unpaired) electrons. The predicted octanol–water partition coefficient (Wildman–Crippen LogP) is 3.19. The Labute approximate surface area is 120 Å². The highest BCUT2D eigenvalue weighted by atomic mass is 16.5. The second-order valence-corrected chi connectivity index (χ2v) is 5.60. The van der Waals surface area contributed by atoms with E-state index in [1.807, 2.05) is 13.2 Å². The van der Waals surface area contributed by atoms with Crippen LogP contribution in [0.5, 0.6) is 5.75 Å². The number of aryl methyl sites for hydroxylation is 1. The molecule has 20 heavy (non-hydrogen) atoms. The maximum atomic E-state index is 5.89. The molecule has 104 valence electrons. The summed E-state index contributed by atoms with van der Waals surface area (Å²) in [6, 6.07) is 10.5. The van der Waals surface area contributed by atoms with Crippen molar-refractivity contribution in [2.24, 2.45) is 0 Å². The Kier molecular flexibility index (Phi) is 3.45. The topological polar surface area (TPSA) is 34.1 Å². The smallest absolute Gasteiger partial charge is 0.138 e. The molecule has 2 aromatic rings. The van der Waals surface area contributed by atoms with E-state index in [4.69, 9.17) is 4.74 Å². The van der Waals surface area contributed by atoms with E-state index in [0.717, 1.165) is 11.3 Å². The van der Waals surface area contributed by atoms with Crippen molar-refractivity contribution < 1.29 is 4.74 Å². The van der Waals surface area contributed by atoms with Crippen molar-refractivity contribution in [3.05, 3.63) is 48.3 Å². The summed E-state index contributed by atoms with van der Waals surface area (Å²) in [4.78, 5) is 4.29. The van der Waals surface area contributed by atoms with Gasteiger partial charge in [-0.05, 0) is 38.4 Å². The van der Waals surface area contributed by atoms with Crippen molar-refractivity contribution in [1.82, 2.24) is 10.3 Å². The molecule has 0 amide bonds. The van der Waals surface area contributed by atoms with Crippen LogP contribution in [-0.4, -0.2) is 24.2 Å². The minimum Gasteiger partial charge on any atom is -0.490 e. The van der Waals surface area contributed by atoms with Gasteiger partial charge >= 0.3 is 0 Å². The van der Waals surface area contributed by atoms with E-state index < -0.39 is 0 Å². The lowest BCUT2D eigenvalue weighted by atomic mass is 10.1. The molecule has 1 aromatic carbocycles. The van der Waals surface area contributed by atoms with Gasteiger partial charge in [0.1, 0.15) is 12.4 Å². The van der Waals surface area contributed by atoms with Gasteiger partial charge in [-0.1, -0.05) is 29.8 Å². The van der Waals surface area contributed by atoms with E-state index in [-0.39, 0.29) is 5.54 Å². The molecule has 3 nitrogen and oxygen atoms in total. The van der Waals surface area contributed by atoms with Crippen LogP contribution >= 0.6 is 0 Å². The van der Waals surface area contributed by atoms with Gasteiger partial charge in [0.25, 0.3) is 0 Å². The number of hydrogen-bond acceptors (Lipinski definition) is 3. The Morgan fingerprint density at radius 1 is 1.20 bits per heavy atom. The van der Waals surface area contributed by atoms with Crippen LogP contribution in [0.25, 0.3) is 11.1 Å². The van der Waals surface area contributed by atoms with Gasteiger partial charge in [0, 0.05) is 11.8 Å². The van der Waals surface area contributed by atoms with Gasteiger partial charge < -0.3 is 10.1 Å². The van der Waals surface area contributed by atoms with Crippen molar-refractivity contribution in [3.8, 4) is 16.9 Å². The maximum Gasteiger partial charge on any atom is 0.138 e. The Balaban J connectivity index is 1.76. The molecule has 1 N–H and O–H groups in total. The molecule has 3 rings (SSSR count). The number of aromatic nitrogens is 1. The van der Waals surface area contributed by atoms with Crippen LogP contribution in [0.3, 0.4) is 0 Å². The van der Waals surface area contributed by atoms with E-state index in [0.29, 0.717) is 6.61 Å². The molecular weight excluding hydrogens is 248 g/mol. The zero-order valence-corrected chi connectivity index (χ0v) is 12.0. The zero-order valence-electron chi connectivity index (χ0n) is 12.0. The van der Waals surface area contributed by atoms with Crippen LogP contribution in [0, 0.1) is 6.92 Å². The van der Waals surface area contributed by atoms with Crippen LogP contribution in [0.4, 0.5) is 0 Å². The molecule has 0 spiro atoms. The Bertz CT molecular complexity index is 605. The second-order valence-electron chi connectivity index (χ2n) is 5.60. The largest absolute Gasteiger partial charge is 0.490 e. The normalized spacial score (nSPS) is 15.9. The highest BCUT2D eigenvalue weighted by molar-refractivity contribution is 5.64. The Morgan fingerprint density at radius 2 is 2.05 bits per heavy atom. The van der Waals surface area contributed by atoms with Crippen molar-refractivity contribution in [1.29, 1.82) is 0 Å². The SMILES string of the molecule is CNC1(COc2cncc(-c3cccc(C)c3)c2)CC1. The summed E-state index contributed by atoms with van der Waals surface area (Å²) in [5.74, 6) is 0.838. The molecule has 0 unspecified atom stereocenters. The third-order valence-electron chi connectivity index (χ3n) is 3.96. The summed E-state index contributed by atoms with van der Waals surface area (Å²) in [5.41, 5.74) is 3.72. The molecule has 0 atom stereocenters. The first-order valence-corrected chi connectivity index (χ1v) is 7.05. The van der Waals surface area contributed by atoms with Crippen LogP contribution < -0.4 is 10.1 Å². The minimum absolute atomic E-state index is 0.194. The molecule has 1 fully saturated rings. The summed E-state index contributed by atoms with van der Waals surface area (Å²) in [6.07, 6.45) is 6.04. The first-order chi connectivity index (χ1) is 9.71.